The highest BCUT2D eigenvalue weighted by Gasteiger charge is 2.23. The molecule has 2 unspecified atom stereocenters. The molecule has 0 radical (unpaired) electrons. The second-order valence-corrected chi connectivity index (χ2v) is 6.51. The summed E-state index contributed by atoms with van der Waals surface area (Å²) < 4.78 is 37.8. The van der Waals surface area contributed by atoms with Gasteiger partial charge >= 0.3 is 0 Å². The number of carbonyl (C=O) groups excluding carboxylic acids is 1. The van der Waals surface area contributed by atoms with Crippen molar-refractivity contribution < 1.29 is 23.0 Å². The minimum atomic E-state index is -1.02. The molecule has 3 rings (SSSR count). The van der Waals surface area contributed by atoms with Crippen LogP contribution in [-0.4, -0.2) is 24.7 Å². The van der Waals surface area contributed by atoms with Crippen LogP contribution < -0.4 is 20.1 Å². The molecule has 2 atom stereocenters. The lowest BCUT2D eigenvalue weighted by molar-refractivity contribution is -0.116. The number of nitrogens with one attached hydrogen (secondary N) is 2. The lowest BCUT2D eigenvalue weighted by Crippen LogP contribution is -2.32. The second-order valence-electron chi connectivity index (χ2n) is 6.51. The zero-order valence-electron chi connectivity index (χ0n) is 15.4. The Hall–Kier alpha value is -2.83. The van der Waals surface area contributed by atoms with Crippen LogP contribution in [0.2, 0.25) is 0 Å². The molecule has 0 saturated carbocycles. The summed E-state index contributed by atoms with van der Waals surface area (Å²) in [7, 11) is 0. The van der Waals surface area contributed by atoms with E-state index in [9.17, 15) is 13.6 Å². The number of amides is 1. The van der Waals surface area contributed by atoms with E-state index in [1.165, 1.54) is 6.07 Å². The van der Waals surface area contributed by atoms with Crippen LogP contribution in [0.3, 0.4) is 0 Å². The van der Waals surface area contributed by atoms with Crippen molar-refractivity contribution in [3.8, 4) is 11.5 Å². The predicted molar refractivity (Wildman–Crippen MR) is 99.5 cm³/mol. The van der Waals surface area contributed by atoms with Gasteiger partial charge in [0.15, 0.2) is 11.6 Å². The molecule has 1 aliphatic rings. The summed E-state index contributed by atoms with van der Waals surface area (Å²) >= 11 is 0. The van der Waals surface area contributed by atoms with Gasteiger partial charge in [-0.3, -0.25) is 4.79 Å². The largest absolute Gasteiger partial charge is 0.492 e. The minimum absolute atomic E-state index is 0.0961. The molecule has 7 heteroatoms. The molecular weight excluding hydrogens is 354 g/mol. The van der Waals surface area contributed by atoms with Crippen molar-refractivity contribution in [3.63, 3.8) is 0 Å². The summed E-state index contributed by atoms with van der Waals surface area (Å²) in [5.41, 5.74) is 1.89. The van der Waals surface area contributed by atoms with E-state index in [1.807, 2.05) is 26.0 Å². The van der Waals surface area contributed by atoms with Crippen LogP contribution >= 0.6 is 0 Å². The van der Waals surface area contributed by atoms with Crippen LogP contribution in [-0.2, 0) is 11.2 Å². The van der Waals surface area contributed by atoms with Gasteiger partial charge in [0.25, 0.3) is 0 Å². The number of anilines is 2. The smallest absolute Gasteiger partial charge is 0.246 e. The SMILES string of the molecule is CCOc1cc2c(cc1NC(C)C(=O)Nc1ccc(F)c(F)c1)OC(C)C2. The molecule has 0 aliphatic carbocycles. The van der Waals surface area contributed by atoms with Crippen LogP contribution in [0.1, 0.15) is 26.3 Å². The van der Waals surface area contributed by atoms with E-state index < -0.39 is 23.6 Å². The van der Waals surface area contributed by atoms with Gasteiger partial charge in [0.05, 0.1) is 12.3 Å². The summed E-state index contributed by atoms with van der Waals surface area (Å²) in [5, 5.41) is 5.66. The minimum Gasteiger partial charge on any atom is -0.492 e. The number of halogens is 2. The third-order valence-corrected chi connectivity index (χ3v) is 4.25. The van der Waals surface area contributed by atoms with Gasteiger partial charge in [0.2, 0.25) is 5.91 Å². The van der Waals surface area contributed by atoms with Crippen LogP contribution in [0.4, 0.5) is 20.2 Å². The molecule has 5 nitrogen and oxygen atoms in total. The first kappa shape index (κ1) is 18.9. The average molecular weight is 376 g/mol. The second kappa shape index (κ2) is 7.82. The molecule has 144 valence electrons. The maximum atomic E-state index is 13.3. The Morgan fingerprint density at radius 1 is 1.30 bits per heavy atom. The molecular formula is C20H22F2N2O3. The van der Waals surface area contributed by atoms with Crippen molar-refractivity contribution in [2.45, 2.75) is 39.3 Å². The molecule has 0 saturated heterocycles. The van der Waals surface area contributed by atoms with Crippen molar-refractivity contribution in [2.75, 3.05) is 17.2 Å². The fraction of sp³-hybridized carbons (Fsp3) is 0.350. The van der Waals surface area contributed by atoms with E-state index in [-0.39, 0.29) is 11.8 Å². The van der Waals surface area contributed by atoms with Crippen LogP contribution in [0.25, 0.3) is 0 Å². The quantitative estimate of drug-likeness (QED) is 0.796. The fourth-order valence-corrected chi connectivity index (χ4v) is 2.95. The molecule has 0 spiro atoms. The van der Waals surface area contributed by atoms with Crippen LogP contribution in [0.15, 0.2) is 30.3 Å². The molecule has 27 heavy (non-hydrogen) atoms. The van der Waals surface area contributed by atoms with Crippen molar-refractivity contribution in [3.05, 3.63) is 47.5 Å². The first-order valence-corrected chi connectivity index (χ1v) is 8.86. The molecule has 2 aromatic carbocycles. The standard InChI is InChI=1S/C20H22F2N2O3/c1-4-26-19-8-13-7-11(2)27-18(13)10-17(19)23-12(3)20(25)24-14-5-6-15(21)16(22)9-14/h5-6,8-12,23H,4,7H2,1-3H3,(H,24,25). The first-order valence-electron chi connectivity index (χ1n) is 8.86. The van der Waals surface area contributed by atoms with Gasteiger partial charge in [0, 0.05) is 29.8 Å². The summed E-state index contributed by atoms with van der Waals surface area (Å²) in [4.78, 5) is 12.4. The summed E-state index contributed by atoms with van der Waals surface area (Å²) in [6.45, 7) is 6.03. The Bertz CT molecular complexity index is 857. The number of carbonyl (C=O) groups is 1. The Kier molecular flexibility index (Phi) is 5.48. The van der Waals surface area contributed by atoms with Gasteiger partial charge in [-0.2, -0.15) is 0 Å². The van der Waals surface area contributed by atoms with Gasteiger partial charge in [0.1, 0.15) is 23.6 Å². The van der Waals surface area contributed by atoms with E-state index in [1.54, 1.807) is 6.92 Å². The number of hydrogen-bond donors (Lipinski definition) is 2. The number of rotatable bonds is 6. The predicted octanol–water partition coefficient (Wildman–Crippen LogP) is 4.13. The monoisotopic (exact) mass is 376 g/mol. The maximum Gasteiger partial charge on any atom is 0.246 e. The highest BCUT2D eigenvalue weighted by atomic mass is 19.2. The van der Waals surface area contributed by atoms with E-state index in [0.717, 1.165) is 29.9 Å². The zero-order chi connectivity index (χ0) is 19.6. The van der Waals surface area contributed by atoms with Crippen LogP contribution in [0, 0.1) is 11.6 Å². The number of ether oxygens (including phenoxy) is 2. The van der Waals surface area contributed by atoms with Crippen molar-refractivity contribution in [2.24, 2.45) is 0 Å². The third-order valence-electron chi connectivity index (χ3n) is 4.25. The van der Waals surface area contributed by atoms with E-state index in [0.29, 0.717) is 18.0 Å². The third kappa shape index (κ3) is 4.30. The summed E-state index contributed by atoms with van der Waals surface area (Å²) in [6, 6.07) is 6.31. The van der Waals surface area contributed by atoms with Gasteiger partial charge in [-0.05, 0) is 39.0 Å². The molecule has 1 heterocycles. The lowest BCUT2D eigenvalue weighted by atomic mass is 10.1. The maximum absolute atomic E-state index is 13.3. The Labute approximate surface area is 156 Å². The summed E-state index contributed by atoms with van der Waals surface area (Å²) in [6.07, 6.45) is 0.904. The molecule has 2 aromatic rings. The molecule has 1 aliphatic heterocycles. The average Bonchev–Trinajstić information content (AvgIpc) is 2.97. The van der Waals surface area contributed by atoms with Crippen molar-refractivity contribution >= 4 is 17.3 Å². The highest BCUT2D eigenvalue weighted by molar-refractivity contribution is 5.96. The number of fused-ring (bicyclic) bond motifs is 1. The first-order chi connectivity index (χ1) is 12.9. The Morgan fingerprint density at radius 3 is 2.78 bits per heavy atom. The van der Waals surface area contributed by atoms with Crippen LogP contribution in [0.5, 0.6) is 11.5 Å². The van der Waals surface area contributed by atoms with E-state index >= 15 is 0 Å². The van der Waals surface area contributed by atoms with Gasteiger partial charge in [-0.15, -0.1) is 0 Å². The highest BCUT2D eigenvalue weighted by Crippen LogP contribution is 2.38. The van der Waals surface area contributed by atoms with Gasteiger partial charge < -0.3 is 20.1 Å². The van der Waals surface area contributed by atoms with E-state index in [2.05, 4.69) is 10.6 Å². The van der Waals surface area contributed by atoms with Gasteiger partial charge in [-0.1, -0.05) is 0 Å². The molecule has 0 aromatic heterocycles. The molecule has 1 amide bonds. The zero-order valence-corrected chi connectivity index (χ0v) is 15.4. The molecule has 0 fully saturated rings. The normalized spacial score (nSPS) is 16.3. The van der Waals surface area contributed by atoms with E-state index in [4.69, 9.17) is 9.47 Å². The lowest BCUT2D eigenvalue weighted by Gasteiger charge is -2.19. The fourth-order valence-electron chi connectivity index (χ4n) is 2.95. The Morgan fingerprint density at radius 2 is 2.07 bits per heavy atom. The Balaban J connectivity index is 1.74. The topological polar surface area (TPSA) is 59.6 Å². The van der Waals surface area contributed by atoms with Crippen molar-refractivity contribution in [1.82, 2.24) is 0 Å². The molecule has 0 bridgehead atoms. The van der Waals surface area contributed by atoms with Gasteiger partial charge in [-0.25, -0.2) is 8.78 Å². The number of benzene rings is 2. The summed E-state index contributed by atoms with van der Waals surface area (Å²) in [5.74, 6) is -0.967. The van der Waals surface area contributed by atoms with Crippen molar-refractivity contribution in [1.29, 1.82) is 0 Å². The molecule has 2 N–H and O–H groups in total. The number of hydrogen-bond acceptors (Lipinski definition) is 4.